The van der Waals surface area contributed by atoms with E-state index in [4.69, 9.17) is 0 Å². The summed E-state index contributed by atoms with van der Waals surface area (Å²) < 4.78 is 0. The van der Waals surface area contributed by atoms with E-state index in [1.807, 2.05) is 54.6 Å². The number of nitrogens with one attached hydrogen (secondary N) is 2. The number of rotatable bonds is 6. The Morgan fingerprint density at radius 3 is 2.14 bits per heavy atom. The molecule has 0 unspecified atom stereocenters. The van der Waals surface area contributed by atoms with Crippen molar-refractivity contribution < 1.29 is 4.79 Å². The van der Waals surface area contributed by atoms with Crippen molar-refractivity contribution in [3.8, 4) is 0 Å². The number of guanidine groups is 1. The predicted molar refractivity (Wildman–Crippen MR) is 118 cm³/mol. The molecule has 0 fully saturated rings. The molecule has 0 aliphatic heterocycles. The summed E-state index contributed by atoms with van der Waals surface area (Å²) in [6, 6.07) is 21.4. The van der Waals surface area contributed by atoms with Gasteiger partial charge in [0.15, 0.2) is 0 Å². The first-order valence-electron chi connectivity index (χ1n) is 9.88. The highest BCUT2D eigenvalue weighted by Gasteiger charge is 2.10. The number of aliphatic imine (C=N–C) groups is 1. The van der Waals surface area contributed by atoms with Crippen LogP contribution in [0.15, 0.2) is 77.9 Å². The lowest BCUT2D eigenvalue weighted by atomic mass is 10.1. The van der Waals surface area contributed by atoms with Gasteiger partial charge in [-0.2, -0.15) is 0 Å². The first kappa shape index (κ1) is 20.3. The number of hydrogen-bond acceptors (Lipinski definition) is 3. The number of aryl methyl sites for hydroxylation is 2. The predicted octanol–water partition coefficient (Wildman–Crippen LogP) is 4.60. The molecule has 0 saturated heterocycles. The minimum Gasteiger partial charge on any atom is -0.326 e. The van der Waals surface area contributed by atoms with Crippen molar-refractivity contribution >= 4 is 17.6 Å². The second kappa shape index (κ2) is 10.2. The van der Waals surface area contributed by atoms with E-state index in [0.29, 0.717) is 18.1 Å². The number of hydrogen-bond donors (Lipinski definition) is 2. The van der Waals surface area contributed by atoms with Crippen LogP contribution >= 0.6 is 0 Å². The van der Waals surface area contributed by atoms with Crippen LogP contribution in [0.2, 0.25) is 0 Å². The molecule has 0 atom stereocenters. The van der Waals surface area contributed by atoms with Crippen molar-refractivity contribution in [3.05, 3.63) is 95.3 Å². The molecule has 1 amide bonds. The fourth-order valence-electron chi connectivity index (χ4n) is 2.79. The summed E-state index contributed by atoms with van der Waals surface area (Å²) in [5.41, 5.74) is 4.73. The molecule has 0 spiro atoms. The maximum absolute atomic E-state index is 12.7. The van der Waals surface area contributed by atoms with Crippen molar-refractivity contribution in [2.45, 2.75) is 33.2 Å². The summed E-state index contributed by atoms with van der Waals surface area (Å²) in [6.07, 6.45) is 3.65. The van der Waals surface area contributed by atoms with Crippen molar-refractivity contribution in [3.63, 3.8) is 0 Å². The lowest BCUT2D eigenvalue weighted by Crippen LogP contribution is -2.36. The van der Waals surface area contributed by atoms with E-state index >= 15 is 0 Å². The number of pyridine rings is 1. The minimum atomic E-state index is -0.204. The van der Waals surface area contributed by atoms with Crippen molar-refractivity contribution in [2.75, 3.05) is 5.32 Å². The van der Waals surface area contributed by atoms with Crippen LogP contribution in [-0.4, -0.2) is 16.9 Å². The summed E-state index contributed by atoms with van der Waals surface area (Å²) in [7, 11) is 0. The van der Waals surface area contributed by atoms with E-state index in [-0.39, 0.29) is 5.91 Å². The van der Waals surface area contributed by atoms with Gasteiger partial charge < -0.3 is 5.32 Å². The molecule has 0 bridgehead atoms. The highest BCUT2D eigenvalue weighted by atomic mass is 16.1. The van der Waals surface area contributed by atoms with Gasteiger partial charge in [0.25, 0.3) is 5.91 Å². The Labute approximate surface area is 171 Å². The molecule has 2 aromatic carbocycles. The molecule has 3 aromatic rings. The smallest absolute Gasteiger partial charge is 0.257 e. The van der Waals surface area contributed by atoms with Crippen molar-refractivity contribution in [1.82, 2.24) is 10.3 Å². The van der Waals surface area contributed by atoms with Crippen LogP contribution in [0, 0.1) is 0 Å². The third-order valence-electron chi connectivity index (χ3n) is 4.61. The summed E-state index contributed by atoms with van der Waals surface area (Å²) in [5.74, 6) is 0.189. The van der Waals surface area contributed by atoms with E-state index < -0.39 is 0 Å². The van der Waals surface area contributed by atoms with E-state index in [1.54, 1.807) is 6.20 Å². The monoisotopic (exact) mass is 386 g/mol. The Bertz CT molecular complexity index is 948. The standard InChI is InChI=1S/C24H26N4O/c1-3-18-8-12-20(13-9-18)23(29)28-24(26-17-22-7-5-6-16-25-22)27-21-14-10-19(4-2)11-15-21/h5-16H,3-4,17H2,1-2H3,(H2,26,27,28,29). The van der Waals surface area contributed by atoms with Gasteiger partial charge in [-0.3, -0.25) is 15.1 Å². The zero-order valence-electron chi connectivity index (χ0n) is 16.9. The van der Waals surface area contributed by atoms with E-state index in [0.717, 1.165) is 24.2 Å². The quantitative estimate of drug-likeness (QED) is 0.480. The van der Waals surface area contributed by atoms with Gasteiger partial charge in [-0.15, -0.1) is 0 Å². The van der Waals surface area contributed by atoms with E-state index in [9.17, 15) is 4.79 Å². The van der Waals surface area contributed by atoms with Crippen LogP contribution in [-0.2, 0) is 19.4 Å². The molecule has 0 saturated carbocycles. The largest absolute Gasteiger partial charge is 0.326 e. The number of amides is 1. The first-order valence-corrected chi connectivity index (χ1v) is 9.88. The van der Waals surface area contributed by atoms with Gasteiger partial charge in [0.1, 0.15) is 0 Å². The molecule has 5 heteroatoms. The molecule has 148 valence electrons. The molecule has 0 aliphatic rings. The fourth-order valence-corrected chi connectivity index (χ4v) is 2.79. The minimum absolute atomic E-state index is 0.204. The third-order valence-corrected chi connectivity index (χ3v) is 4.61. The molecule has 29 heavy (non-hydrogen) atoms. The average molecular weight is 386 g/mol. The lowest BCUT2D eigenvalue weighted by molar-refractivity contribution is 0.0977. The van der Waals surface area contributed by atoms with Crippen LogP contribution in [0.5, 0.6) is 0 Å². The van der Waals surface area contributed by atoms with Gasteiger partial charge in [0, 0.05) is 17.4 Å². The van der Waals surface area contributed by atoms with Crippen LogP contribution < -0.4 is 10.6 Å². The summed E-state index contributed by atoms with van der Waals surface area (Å²) in [5, 5.41) is 6.10. The van der Waals surface area contributed by atoms with Crippen LogP contribution in [0.3, 0.4) is 0 Å². The van der Waals surface area contributed by atoms with Crippen LogP contribution in [0.25, 0.3) is 0 Å². The molecule has 0 aliphatic carbocycles. The molecule has 2 N–H and O–H groups in total. The molecule has 0 radical (unpaired) electrons. The summed E-state index contributed by atoms with van der Waals surface area (Å²) in [4.78, 5) is 21.5. The van der Waals surface area contributed by atoms with Crippen molar-refractivity contribution in [2.24, 2.45) is 4.99 Å². The third kappa shape index (κ3) is 6.01. The number of anilines is 1. The second-order valence-corrected chi connectivity index (χ2v) is 6.67. The Balaban J connectivity index is 1.77. The normalized spacial score (nSPS) is 11.2. The zero-order valence-corrected chi connectivity index (χ0v) is 16.9. The van der Waals surface area contributed by atoms with Crippen LogP contribution in [0.1, 0.15) is 41.0 Å². The topological polar surface area (TPSA) is 66.4 Å². The Kier molecular flexibility index (Phi) is 7.11. The first-order chi connectivity index (χ1) is 14.2. The van der Waals surface area contributed by atoms with E-state index in [1.165, 1.54) is 11.1 Å². The van der Waals surface area contributed by atoms with Gasteiger partial charge in [-0.25, -0.2) is 4.99 Å². The van der Waals surface area contributed by atoms with Gasteiger partial charge >= 0.3 is 0 Å². The number of carbonyl (C=O) groups excluding carboxylic acids is 1. The zero-order chi connectivity index (χ0) is 20.5. The highest BCUT2D eigenvalue weighted by Crippen LogP contribution is 2.11. The fraction of sp³-hybridized carbons (Fsp3) is 0.208. The van der Waals surface area contributed by atoms with Gasteiger partial charge in [-0.05, 0) is 60.4 Å². The molecule has 5 nitrogen and oxygen atoms in total. The molecular formula is C24H26N4O. The molecule has 3 rings (SSSR count). The SMILES string of the molecule is CCc1ccc(NC(=NCc2ccccn2)NC(=O)c2ccc(CC)cc2)cc1. The number of nitrogens with zero attached hydrogens (tertiary/aromatic N) is 2. The maximum Gasteiger partial charge on any atom is 0.257 e. The Morgan fingerprint density at radius 2 is 1.55 bits per heavy atom. The van der Waals surface area contributed by atoms with Gasteiger partial charge in [0.2, 0.25) is 5.96 Å². The maximum atomic E-state index is 12.7. The number of carbonyl (C=O) groups is 1. The average Bonchev–Trinajstić information content (AvgIpc) is 2.78. The summed E-state index contributed by atoms with van der Waals surface area (Å²) in [6.45, 7) is 4.57. The number of benzene rings is 2. The van der Waals surface area contributed by atoms with E-state index in [2.05, 4.69) is 46.6 Å². The summed E-state index contributed by atoms with van der Waals surface area (Å²) >= 11 is 0. The van der Waals surface area contributed by atoms with Crippen molar-refractivity contribution in [1.29, 1.82) is 0 Å². The van der Waals surface area contributed by atoms with Crippen LogP contribution in [0.4, 0.5) is 5.69 Å². The Hall–Kier alpha value is -3.47. The van der Waals surface area contributed by atoms with Gasteiger partial charge in [-0.1, -0.05) is 44.2 Å². The second-order valence-electron chi connectivity index (χ2n) is 6.67. The molecule has 1 aromatic heterocycles. The molecule has 1 heterocycles. The number of aromatic nitrogens is 1. The van der Waals surface area contributed by atoms with Gasteiger partial charge in [0.05, 0.1) is 12.2 Å². The highest BCUT2D eigenvalue weighted by molar-refractivity contribution is 6.09. The Morgan fingerprint density at radius 1 is 0.897 bits per heavy atom. The molecular weight excluding hydrogens is 360 g/mol. The lowest BCUT2D eigenvalue weighted by Gasteiger charge is -2.12.